The Morgan fingerprint density at radius 3 is 2.86 bits per heavy atom. The van der Waals surface area contributed by atoms with Crippen LogP contribution < -0.4 is 5.43 Å². The third kappa shape index (κ3) is 2.49. The minimum absolute atomic E-state index is 0.136. The molecule has 0 aromatic carbocycles. The molecule has 2 rings (SSSR count). The lowest BCUT2D eigenvalue weighted by molar-refractivity contribution is -0.0246. The highest BCUT2D eigenvalue weighted by Crippen LogP contribution is 2.27. The number of nitrogens with zero attached hydrogens (tertiary/aromatic N) is 1. The van der Waals surface area contributed by atoms with Gasteiger partial charge in [0, 0.05) is 19.9 Å². The molecule has 0 saturated heterocycles. The summed E-state index contributed by atoms with van der Waals surface area (Å²) < 4.78 is 5.75. The number of hydrazine groups is 1. The monoisotopic (exact) mass is 196 g/mol. The molecule has 3 nitrogen and oxygen atoms in total. The maximum atomic E-state index is 5.75. The van der Waals surface area contributed by atoms with Gasteiger partial charge in [0.05, 0.1) is 0 Å². The van der Waals surface area contributed by atoms with Gasteiger partial charge < -0.3 is 10.2 Å². The van der Waals surface area contributed by atoms with E-state index in [4.69, 9.17) is 4.74 Å². The fourth-order valence-corrected chi connectivity index (χ4v) is 2.27. The van der Waals surface area contributed by atoms with Crippen molar-refractivity contribution in [1.29, 1.82) is 0 Å². The van der Waals surface area contributed by atoms with Crippen molar-refractivity contribution in [2.75, 3.05) is 13.7 Å². The molecular formula is C11H20N2O. The van der Waals surface area contributed by atoms with Gasteiger partial charge >= 0.3 is 0 Å². The van der Waals surface area contributed by atoms with E-state index in [0.717, 1.165) is 12.5 Å². The standard InChI is InChI=1S/C11H20N2O/c1-13-11(6-8-12-13)14-9-7-10-4-2-3-5-10/h6,8,10-12H,2-5,7,9H2,1H3. The Labute approximate surface area is 86.1 Å². The highest BCUT2D eigenvalue weighted by Gasteiger charge is 2.18. The molecule has 1 aliphatic carbocycles. The summed E-state index contributed by atoms with van der Waals surface area (Å²) in [6, 6.07) is 0. The molecule has 0 aromatic rings. The summed E-state index contributed by atoms with van der Waals surface area (Å²) in [6.07, 6.45) is 11.0. The minimum atomic E-state index is 0.136. The first kappa shape index (κ1) is 9.99. The zero-order valence-electron chi connectivity index (χ0n) is 8.91. The van der Waals surface area contributed by atoms with Crippen LogP contribution in [0.4, 0.5) is 0 Å². The van der Waals surface area contributed by atoms with E-state index < -0.39 is 0 Å². The van der Waals surface area contributed by atoms with Crippen LogP contribution in [0.25, 0.3) is 0 Å². The van der Waals surface area contributed by atoms with Crippen LogP contribution in [-0.2, 0) is 4.74 Å². The van der Waals surface area contributed by atoms with E-state index >= 15 is 0 Å². The SMILES string of the molecule is CN1NC=CC1OCCC1CCCC1. The first-order valence-electron chi connectivity index (χ1n) is 5.63. The van der Waals surface area contributed by atoms with E-state index in [1.165, 1.54) is 32.1 Å². The van der Waals surface area contributed by atoms with Gasteiger partial charge in [-0.1, -0.05) is 25.7 Å². The van der Waals surface area contributed by atoms with E-state index in [2.05, 4.69) is 11.5 Å². The molecular weight excluding hydrogens is 176 g/mol. The molecule has 2 aliphatic rings. The summed E-state index contributed by atoms with van der Waals surface area (Å²) in [5, 5.41) is 1.98. The maximum Gasteiger partial charge on any atom is 0.147 e. The quantitative estimate of drug-likeness (QED) is 0.743. The smallest absolute Gasteiger partial charge is 0.147 e. The summed E-state index contributed by atoms with van der Waals surface area (Å²) >= 11 is 0. The molecule has 0 aromatic heterocycles. The summed E-state index contributed by atoms with van der Waals surface area (Å²) in [5.41, 5.74) is 3.08. The Kier molecular flexibility index (Phi) is 3.43. The third-order valence-corrected chi connectivity index (χ3v) is 3.21. The molecule has 80 valence electrons. The largest absolute Gasteiger partial charge is 0.358 e. The van der Waals surface area contributed by atoms with E-state index in [0.29, 0.717) is 0 Å². The van der Waals surface area contributed by atoms with Crippen molar-refractivity contribution in [3.8, 4) is 0 Å². The zero-order valence-corrected chi connectivity index (χ0v) is 8.91. The Morgan fingerprint density at radius 2 is 2.21 bits per heavy atom. The second-order valence-electron chi connectivity index (χ2n) is 4.30. The molecule has 1 unspecified atom stereocenters. The van der Waals surface area contributed by atoms with Crippen LogP contribution >= 0.6 is 0 Å². The van der Waals surface area contributed by atoms with Crippen LogP contribution in [0.3, 0.4) is 0 Å². The lowest BCUT2D eigenvalue weighted by atomic mass is 10.1. The number of nitrogens with one attached hydrogen (secondary N) is 1. The van der Waals surface area contributed by atoms with Crippen molar-refractivity contribution < 1.29 is 4.74 Å². The highest BCUT2D eigenvalue weighted by molar-refractivity contribution is 4.92. The van der Waals surface area contributed by atoms with Crippen molar-refractivity contribution in [1.82, 2.24) is 10.4 Å². The van der Waals surface area contributed by atoms with Crippen molar-refractivity contribution in [2.24, 2.45) is 5.92 Å². The van der Waals surface area contributed by atoms with Gasteiger partial charge in [-0.3, -0.25) is 0 Å². The maximum absolute atomic E-state index is 5.75. The van der Waals surface area contributed by atoms with Crippen LogP contribution in [0.5, 0.6) is 0 Å². The Morgan fingerprint density at radius 1 is 1.43 bits per heavy atom. The van der Waals surface area contributed by atoms with Crippen molar-refractivity contribution in [3.63, 3.8) is 0 Å². The second kappa shape index (κ2) is 4.80. The van der Waals surface area contributed by atoms with Gasteiger partial charge in [-0.05, 0) is 18.4 Å². The first-order chi connectivity index (χ1) is 6.86. The normalized spacial score (nSPS) is 28.5. The van der Waals surface area contributed by atoms with Crippen LogP contribution in [0.2, 0.25) is 0 Å². The first-order valence-corrected chi connectivity index (χ1v) is 5.63. The van der Waals surface area contributed by atoms with Gasteiger partial charge in [-0.25, -0.2) is 0 Å². The van der Waals surface area contributed by atoms with Gasteiger partial charge in [0.1, 0.15) is 6.23 Å². The van der Waals surface area contributed by atoms with E-state index in [9.17, 15) is 0 Å². The van der Waals surface area contributed by atoms with Gasteiger partial charge in [0.15, 0.2) is 0 Å². The Balaban J connectivity index is 1.60. The molecule has 1 N–H and O–H groups in total. The average molecular weight is 196 g/mol. The molecule has 0 radical (unpaired) electrons. The predicted octanol–water partition coefficient (Wildman–Crippen LogP) is 1.87. The fourth-order valence-electron chi connectivity index (χ4n) is 2.27. The average Bonchev–Trinajstić information content (AvgIpc) is 2.78. The van der Waals surface area contributed by atoms with Gasteiger partial charge in [-0.2, -0.15) is 5.01 Å². The molecule has 3 heteroatoms. The van der Waals surface area contributed by atoms with Crippen LogP contribution in [0.1, 0.15) is 32.1 Å². The summed E-state index contributed by atoms with van der Waals surface area (Å²) in [5.74, 6) is 0.929. The predicted molar refractivity (Wildman–Crippen MR) is 56.4 cm³/mol. The Bertz CT molecular complexity index is 199. The zero-order chi connectivity index (χ0) is 9.80. The van der Waals surface area contributed by atoms with Crippen molar-refractivity contribution >= 4 is 0 Å². The topological polar surface area (TPSA) is 24.5 Å². The van der Waals surface area contributed by atoms with Crippen LogP contribution in [-0.4, -0.2) is 24.9 Å². The fraction of sp³-hybridized carbons (Fsp3) is 0.818. The van der Waals surface area contributed by atoms with E-state index in [-0.39, 0.29) is 6.23 Å². The Hall–Kier alpha value is -0.540. The number of rotatable bonds is 4. The molecule has 1 saturated carbocycles. The molecule has 1 atom stereocenters. The van der Waals surface area contributed by atoms with Crippen molar-refractivity contribution in [2.45, 2.75) is 38.3 Å². The van der Waals surface area contributed by atoms with Crippen LogP contribution in [0, 0.1) is 5.92 Å². The third-order valence-electron chi connectivity index (χ3n) is 3.21. The van der Waals surface area contributed by atoms with Gasteiger partial charge in [0.25, 0.3) is 0 Å². The van der Waals surface area contributed by atoms with Crippen LogP contribution in [0.15, 0.2) is 12.3 Å². The molecule has 1 aliphatic heterocycles. The molecule has 0 spiro atoms. The van der Waals surface area contributed by atoms with E-state index in [1.807, 2.05) is 18.3 Å². The van der Waals surface area contributed by atoms with Gasteiger partial charge in [-0.15, -0.1) is 0 Å². The molecule has 0 bridgehead atoms. The van der Waals surface area contributed by atoms with Crippen molar-refractivity contribution in [3.05, 3.63) is 12.3 Å². The van der Waals surface area contributed by atoms with E-state index in [1.54, 1.807) is 0 Å². The summed E-state index contributed by atoms with van der Waals surface area (Å²) in [7, 11) is 2.00. The number of likely N-dealkylation sites (N-methyl/N-ethyl adjacent to an activating group) is 1. The lowest BCUT2D eigenvalue weighted by Gasteiger charge is -2.20. The number of ether oxygens (including phenoxy) is 1. The molecule has 0 amide bonds. The second-order valence-corrected chi connectivity index (χ2v) is 4.30. The van der Waals surface area contributed by atoms with Gasteiger partial charge in [0.2, 0.25) is 0 Å². The summed E-state index contributed by atoms with van der Waals surface area (Å²) in [6.45, 7) is 0.895. The lowest BCUT2D eigenvalue weighted by Crippen LogP contribution is -2.35. The number of hydrogen-bond donors (Lipinski definition) is 1. The highest BCUT2D eigenvalue weighted by atomic mass is 16.5. The summed E-state index contributed by atoms with van der Waals surface area (Å²) in [4.78, 5) is 0. The molecule has 1 heterocycles. The molecule has 14 heavy (non-hydrogen) atoms. The minimum Gasteiger partial charge on any atom is -0.358 e. The number of hydrogen-bond acceptors (Lipinski definition) is 3. The molecule has 1 fully saturated rings.